The zero-order valence-electron chi connectivity index (χ0n) is 17.9. The third-order valence-electron chi connectivity index (χ3n) is 4.40. The topological polar surface area (TPSA) is 153 Å². The summed E-state index contributed by atoms with van der Waals surface area (Å²) in [4.78, 5) is 53.6. The quantitative estimate of drug-likeness (QED) is 0.214. The highest BCUT2D eigenvalue weighted by Crippen LogP contribution is 2.31. The summed E-state index contributed by atoms with van der Waals surface area (Å²) in [6, 6.07) is 7.42. The van der Waals surface area contributed by atoms with E-state index < -0.39 is 51.8 Å². The molecule has 2 aromatic carbocycles. The highest BCUT2D eigenvalue weighted by molar-refractivity contribution is 6.32. The fourth-order valence-electron chi connectivity index (χ4n) is 2.79. The van der Waals surface area contributed by atoms with Crippen LogP contribution >= 0.6 is 11.6 Å². The fourth-order valence-corrected chi connectivity index (χ4v) is 3.01. The maximum Gasteiger partial charge on any atom is 0.435 e. The first-order chi connectivity index (χ1) is 16.9. The average Bonchev–Trinajstić information content (AvgIpc) is 2.80. The molecule has 186 valence electrons. The minimum Gasteiger partial charge on any atom is -0.420 e. The number of nitro groups is 1. The Morgan fingerprint density at radius 3 is 2.47 bits per heavy atom. The Morgan fingerprint density at radius 2 is 1.83 bits per heavy atom. The highest BCUT2D eigenvalue weighted by Gasteiger charge is 2.36. The van der Waals surface area contributed by atoms with Gasteiger partial charge in [0.05, 0.1) is 21.8 Å². The van der Waals surface area contributed by atoms with Crippen molar-refractivity contribution in [1.82, 2.24) is 15.3 Å². The molecular weight excluding hydrogens is 511 g/mol. The summed E-state index contributed by atoms with van der Waals surface area (Å²) in [5.41, 5.74) is -3.29. The Bertz CT molecular complexity index is 1380. The Labute approximate surface area is 204 Å². The predicted octanol–water partition coefficient (Wildman–Crippen LogP) is 4.55. The van der Waals surface area contributed by atoms with Crippen LogP contribution in [0.25, 0.3) is 0 Å². The fraction of sp³-hybridized carbons (Fsp3) is 0.0952. The highest BCUT2D eigenvalue weighted by atomic mass is 35.5. The number of halogens is 4. The Morgan fingerprint density at radius 1 is 1.14 bits per heavy atom. The van der Waals surface area contributed by atoms with Crippen molar-refractivity contribution >= 4 is 40.9 Å². The number of aryl methyl sites for hydroxylation is 1. The lowest BCUT2D eigenvalue weighted by atomic mass is 10.1. The number of benzene rings is 2. The zero-order chi connectivity index (χ0) is 26.6. The number of esters is 1. The van der Waals surface area contributed by atoms with Crippen LogP contribution in [0.4, 0.5) is 29.3 Å². The normalized spacial score (nSPS) is 10.9. The third kappa shape index (κ3) is 6.09. The first kappa shape index (κ1) is 26.0. The van der Waals surface area contributed by atoms with Crippen LogP contribution in [0.1, 0.15) is 32.2 Å². The molecule has 15 heteroatoms. The van der Waals surface area contributed by atoms with E-state index in [1.807, 2.05) is 5.32 Å². The third-order valence-corrected chi connectivity index (χ3v) is 4.69. The van der Waals surface area contributed by atoms with Crippen molar-refractivity contribution in [1.29, 1.82) is 0 Å². The van der Waals surface area contributed by atoms with Gasteiger partial charge in [-0.05, 0) is 31.2 Å². The molecule has 0 bridgehead atoms. The summed E-state index contributed by atoms with van der Waals surface area (Å²) in [5.74, 6) is -2.56. The molecule has 3 amide bonds. The smallest absolute Gasteiger partial charge is 0.420 e. The van der Waals surface area contributed by atoms with Gasteiger partial charge in [-0.15, -0.1) is 0 Å². The molecule has 0 radical (unpaired) electrons. The monoisotopic (exact) mass is 523 g/mol. The van der Waals surface area contributed by atoms with Crippen LogP contribution in [0.3, 0.4) is 0 Å². The molecule has 0 aliphatic rings. The summed E-state index contributed by atoms with van der Waals surface area (Å²) >= 11 is 6.02. The van der Waals surface area contributed by atoms with Gasteiger partial charge in [-0.1, -0.05) is 23.7 Å². The predicted molar refractivity (Wildman–Crippen MR) is 118 cm³/mol. The molecule has 36 heavy (non-hydrogen) atoms. The van der Waals surface area contributed by atoms with E-state index in [1.54, 1.807) is 0 Å². The number of rotatable bonds is 5. The van der Waals surface area contributed by atoms with Gasteiger partial charge in [0, 0.05) is 11.8 Å². The molecule has 0 unspecified atom stereocenters. The Hall–Kier alpha value is -4.59. The van der Waals surface area contributed by atoms with E-state index in [0.717, 1.165) is 37.4 Å². The number of hydrogen-bond acceptors (Lipinski definition) is 8. The lowest BCUT2D eigenvalue weighted by Crippen LogP contribution is -2.34. The van der Waals surface area contributed by atoms with Gasteiger partial charge in [-0.25, -0.2) is 14.6 Å². The lowest BCUT2D eigenvalue weighted by molar-refractivity contribution is -0.385. The second-order valence-corrected chi connectivity index (χ2v) is 7.31. The largest absolute Gasteiger partial charge is 0.435 e. The lowest BCUT2D eigenvalue weighted by Gasteiger charge is -2.11. The van der Waals surface area contributed by atoms with Crippen LogP contribution in [0.5, 0.6) is 5.75 Å². The molecular formula is C21H13ClF3N5O6. The van der Waals surface area contributed by atoms with E-state index in [2.05, 4.69) is 15.3 Å². The summed E-state index contributed by atoms with van der Waals surface area (Å²) in [5, 5.41) is 15.0. The van der Waals surface area contributed by atoms with Crippen LogP contribution in [0, 0.1) is 17.0 Å². The van der Waals surface area contributed by atoms with Crippen LogP contribution < -0.4 is 15.4 Å². The maximum atomic E-state index is 13.0. The van der Waals surface area contributed by atoms with Crippen LogP contribution in [0.2, 0.25) is 5.02 Å². The second-order valence-electron chi connectivity index (χ2n) is 6.90. The molecule has 1 aromatic heterocycles. The number of carbonyl (C=O) groups is 3. The van der Waals surface area contributed by atoms with Crippen molar-refractivity contribution in [3.05, 3.63) is 86.4 Å². The minimum absolute atomic E-state index is 0.0298. The number of anilines is 1. The van der Waals surface area contributed by atoms with Crippen molar-refractivity contribution in [3.8, 4) is 5.75 Å². The van der Waals surface area contributed by atoms with Crippen molar-refractivity contribution in [2.75, 3.05) is 5.32 Å². The van der Waals surface area contributed by atoms with Gasteiger partial charge in [0.15, 0.2) is 11.4 Å². The zero-order valence-corrected chi connectivity index (χ0v) is 18.7. The number of imide groups is 1. The molecule has 2 N–H and O–H groups in total. The molecule has 3 aromatic rings. The van der Waals surface area contributed by atoms with Gasteiger partial charge in [0.1, 0.15) is 11.3 Å². The number of urea groups is 1. The molecule has 0 saturated heterocycles. The maximum absolute atomic E-state index is 13.0. The number of amides is 3. The van der Waals surface area contributed by atoms with Gasteiger partial charge in [0.2, 0.25) is 0 Å². The molecule has 0 aliphatic carbocycles. The van der Waals surface area contributed by atoms with Crippen LogP contribution in [-0.4, -0.2) is 32.8 Å². The number of aromatic nitrogens is 2. The number of hydrogen-bond donors (Lipinski definition) is 2. The van der Waals surface area contributed by atoms with E-state index in [-0.39, 0.29) is 22.0 Å². The average molecular weight is 524 g/mol. The molecule has 3 rings (SSSR count). The van der Waals surface area contributed by atoms with E-state index in [9.17, 15) is 37.7 Å². The van der Waals surface area contributed by atoms with Crippen molar-refractivity contribution in [2.45, 2.75) is 13.1 Å². The summed E-state index contributed by atoms with van der Waals surface area (Å²) in [6.45, 7) is 1.08. The molecule has 0 spiro atoms. The summed E-state index contributed by atoms with van der Waals surface area (Å²) < 4.78 is 44.0. The van der Waals surface area contributed by atoms with Crippen LogP contribution in [-0.2, 0) is 6.18 Å². The second kappa shape index (κ2) is 10.4. The number of para-hydroxylation sites is 1. The van der Waals surface area contributed by atoms with Gasteiger partial charge in [-0.2, -0.15) is 13.2 Å². The van der Waals surface area contributed by atoms with E-state index in [0.29, 0.717) is 0 Å². The summed E-state index contributed by atoms with van der Waals surface area (Å²) in [6.07, 6.45) is -4.01. The van der Waals surface area contributed by atoms with E-state index in [4.69, 9.17) is 16.3 Å². The standard InChI is InChI=1S/C21H13ClF3N5O6/c1-10-17(21(23,24)25)28-14(9-26-10)19(32)36-16-7-6-11(8-13(16)22)27-20(33)29-18(31)12-4-2-3-5-15(12)30(34)35/h2-9H,1H3,(H2,27,29,31,33). The van der Waals surface area contributed by atoms with E-state index >= 15 is 0 Å². The Kier molecular flexibility index (Phi) is 7.48. The first-order valence-electron chi connectivity index (χ1n) is 9.65. The number of nitrogens with one attached hydrogen (secondary N) is 2. The molecule has 1 heterocycles. The van der Waals surface area contributed by atoms with Crippen molar-refractivity contribution in [3.63, 3.8) is 0 Å². The van der Waals surface area contributed by atoms with Crippen LogP contribution in [0.15, 0.2) is 48.7 Å². The SMILES string of the molecule is Cc1ncc(C(=O)Oc2ccc(NC(=O)NC(=O)c3ccccc3[N+](=O)[O-])cc2Cl)nc1C(F)(F)F. The molecule has 0 atom stereocenters. The Balaban J connectivity index is 1.68. The summed E-state index contributed by atoms with van der Waals surface area (Å²) in [7, 11) is 0. The number of ether oxygens (including phenoxy) is 1. The van der Waals surface area contributed by atoms with Crippen molar-refractivity contribution in [2.24, 2.45) is 0 Å². The van der Waals surface area contributed by atoms with Gasteiger partial charge >= 0.3 is 18.2 Å². The van der Waals surface area contributed by atoms with Gasteiger partial charge in [0.25, 0.3) is 11.6 Å². The molecule has 11 nitrogen and oxygen atoms in total. The first-order valence-corrected chi connectivity index (χ1v) is 10.0. The minimum atomic E-state index is -4.83. The number of carbonyl (C=O) groups excluding carboxylic acids is 3. The van der Waals surface area contributed by atoms with Gasteiger partial charge in [-0.3, -0.25) is 25.2 Å². The van der Waals surface area contributed by atoms with Gasteiger partial charge < -0.3 is 10.1 Å². The number of nitrogens with zero attached hydrogens (tertiary/aromatic N) is 3. The molecule has 0 saturated carbocycles. The molecule has 0 aliphatic heterocycles. The number of nitro benzene ring substituents is 1. The van der Waals surface area contributed by atoms with Crippen molar-refractivity contribution < 1.29 is 37.2 Å². The van der Waals surface area contributed by atoms with E-state index in [1.165, 1.54) is 18.2 Å². The number of alkyl halides is 3. The molecule has 0 fully saturated rings.